The Hall–Kier alpha value is -1.91. The molecule has 0 aromatic carbocycles. The summed E-state index contributed by atoms with van der Waals surface area (Å²) in [4.78, 5) is 11.4. The molecular formula is C25H40O4. The maximum Gasteiger partial charge on any atom is 0.305 e. The van der Waals surface area contributed by atoms with Gasteiger partial charge in [0.2, 0.25) is 0 Å². The van der Waals surface area contributed by atoms with Crippen LogP contribution in [0, 0.1) is 0 Å². The van der Waals surface area contributed by atoms with Crippen molar-refractivity contribution in [1.82, 2.24) is 0 Å². The zero-order chi connectivity index (χ0) is 21.4. The zero-order valence-corrected chi connectivity index (χ0v) is 18.0. The first-order valence-electron chi connectivity index (χ1n) is 10.9. The van der Waals surface area contributed by atoms with Crippen LogP contribution >= 0.6 is 0 Å². The van der Waals surface area contributed by atoms with E-state index in [1.54, 1.807) is 0 Å². The number of aliphatic hydroxyl groups excluding tert-OH is 2. The summed E-state index contributed by atoms with van der Waals surface area (Å²) < 4.78 is 4.85. The fourth-order valence-electron chi connectivity index (χ4n) is 2.39. The molecule has 1 atom stereocenters. The molecule has 0 aromatic rings. The largest absolute Gasteiger partial charge is 0.463 e. The minimum Gasteiger partial charge on any atom is -0.463 e. The van der Waals surface area contributed by atoms with E-state index in [0.717, 1.165) is 57.8 Å². The number of aliphatic hydroxyl groups is 2. The number of rotatable bonds is 18. The van der Waals surface area contributed by atoms with Crippen LogP contribution in [-0.4, -0.2) is 35.5 Å². The van der Waals surface area contributed by atoms with Crippen LogP contribution in [0.4, 0.5) is 0 Å². The molecule has 4 heteroatoms. The summed E-state index contributed by atoms with van der Waals surface area (Å²) in [5, 5.41) is 17.7. The Morgan fingerprint density at radius 1 is 0.793 bits per heavy atom. The fraction of sp³-hybridized carbons (Fsp3) is 0.560. The maximum atomic E-state index is 11.4. The molecule has 0 bridgehead atoms. The van der Waals surface area contributed by atoms with Crippen molar-refractivity contribution in [3.8, 4) is 0 Å². The van der Waals surface area contributed by atoms with Crippen LogP contribution in [0.2, 0.25) is 0 Å². The SMILES string of the molecule is CC/C=C/C/C=C/C/C=C/C/C=C/C/C=C/CCCCCC(=O)OC[C@@H](O)CO. The molecule has 0 fully saturated rings. The highest BCUT2D eigenvalue weighted by Crippen LogP contribution is 2.05. The number of carbonyl (C=O) groups is 1. The van der Waals surface area contributed by atoms with Gasteiger partial charge in [-0.25, -0.2) is 0 Å². The predicted molar refractivity (Wildman–Crippen MR) is 122 cm³/mol. The van der Waals surface area contributed by atoms with Gasteiger partial charge in [0.05, 0.1) is 6.61 Å². The summed E-state index contributed by atoms with van der Waals surface area (Å²) in [7, 11) is 0. The highest BCUT2D eigenvalue weighted by molar-refractivity contribution is 5.69. The molecule has 0 saturated carbocycles. The van der Waals surface area contributed by atoms with E-state index < -0.39 is 6.10 Å². The molecule has 0 heterocycles. The Kier molecular flexibility index (Phi) is 20.9. The van der Waals surface area contributed by atoms with Crippen molar-refractivity contribution in [1.29, 1.82) is 0 Å². The van der Waals surface area contributed by atoms with E-state index >= 15 is 0 Å². The van der Waals surface area contributed by atoms with Gasteiger partial charge in [0.15, 0.2) is 0 Å². The van der Waals surface area contributed by atoms with Crippen LogP contribution in [0.25, 0.3) is 0 Å². The van der Waals surface area contributed by atoms with Crippen LogP contribution in [0.1, 0.15) is 71.1 Å². The summed E-state index contributed by atoms with van der Waals surface area (Å²) in [5.74, 6) is -0.313. The van der Waals surface area contributed by atoms with E-state index in [1.165, 1.54) is 0 Å². The molecule has 164 valence electrons. The topological polar surface area (TPSA) is 66.8 Å². The van der Waals surface area contributed by atoms with Crippen molar-refractivity contribution < 1.29 is 19.7 Å². The molecule has 0 aliphatic heterocycles. The standard InChI is InChI=1S/C25H40O4/c1-2-3-4-5-6-7-8-9-10-11-12-13-14-15-16-17-18-19-20-21-25(28)29-23-24(27)22-26/h3-4,6-7,9-10,12-13,15-16,24,26-27H,2,5,8,11,14,17-23H2,1H3/b4-3+,7-6+,10-9+,13-12+,16-15+/t24-/m0/s1. The van der Waals surface area contributed by atoms with Crippen LogP contribution in [0.15, 0.2) is 60.8 Å². The average Bonchev–Trinajstić information content (AvgIpc) is 2.73. The minimum absolute atomic E-state index is 0.130. The number of hydrogen-bond acceptors (Lipinski definition) is 4. The second-order valence-electron chi connectivity index (χ2n) is 6.83. The van der Waals surface area contributed by atoms with Gasteiger partial charge in [-0.1, -0.05) is 74.1 Å². The molecule has 0 saturated heterocycles. The lowest BCUT2D eigenvalue weighted by Crippen LogP contribution is -2.21. The van der Waals surface area contributed by atoms with Gasteiger partial charge >= 0.3 is 5.97 Å². The quantitative estimate of drug-likeness (QED) is 0.178. The van der Waals surface area contributed by atoms with E-state index in [1.807, 2.05) is 0 Å². The van der Waals surface area contributed by atoms with Gasteiger partial charge in [0.1, 0.15) is 12.7 Å². The Morgan fingerprint density at radius 2 is 1.31 bits per heavy atom. The number of unbranched alkanes of at least 4 members (excludes halogenated alkanes) is 3. The molecule has 0 radical (unpaired) electrons. The predicted octanol–water partition coefficient (Wildman–Crippen LogP) is 5.58. The van der Waals surface area contributed by atoms with Crippen molar-refractivity contribution >= 4 is 5.97 Å². The normalized spacial score (nSPS) is 13.6. The highest BCUT2D eigenvalue weighted by Gasteiger charge is 2.07. The van der Waals surface area contributed by atoms with Gasteiger partial charge in [-0.3, -0.25) is 4.79 Å². The van der Waals surface area contributed by atoms with Crippen LogP contribution in [0.5, 0.6) is 0 Å². The summed E-state index contributed by atoms with van der Waals surface area (Å²) in [6.07, 6.45) is 30.2. The number of allylic oxidation sites excluding steroid dienone is 10. The highest BCUT2D eigenvalue weighted by atomic mass is 16.5. The molecule has 0 aliphatic rings. The van der Waals surface area contributed by atoms with Gasteiger partial charge in [-0.2, -0.15) is 0 Å². The summed E-state index contributed by atoms with van der Waals surface area (Å²) in [5.41, 5.74) is 0. The number of hydrogen-bond donors (Lipinski definition) is 2. The van der Waals surface area contributed by atoms with Gasteiger partial charge in [0.25, 0.3) is 0 Å². The fourth-order valence-corrected chi connectivity index (χ4v) is 2.39. The van der Waals surface area contributed by atoms with E-state index in [2.05, 4.69) is 67.7 Å². The van der Waals surface area contributed by atoms with Crippen molar-refractivity contribution in [3.05, 3.63) is 60.8 Å². The molecule has 29 heavy (non-hydrogen) atoms. The van der Waals surface area contributed by atoms with E-state index in [-0.39, 0.29) is 19.2 Å². The van der Waals surface area contributed by atoms with Gasteiger partial charge < -0.3 is 14.9 Å². The molecular weight excluding hydrogens is 364 g/mol. The third-order valence-corrected chi connectivity index (χ3v) is 4.06. The van der Waals surface area contributed by atoms with Crippen LogP contribution in [0.3, 0.4) is 0 Å². The Bertz CT molecular complexity index is 515. The molecule has 2 N–H and O–H groups in total. The summed E-state index contributed by atoms with van der Waals surface area (Å²) in [6.45, 7) is 1.63. The first kappa shape index (κ1) is 27.1. The zero-order valence-electron chi connectivity index (χ0n) is 18.0. The molecule has 0 spiro atoms. The Morgan fingerprint density at radius 3 is 1.83 bits per heavy atom. The minimum atomic E-state index is -0.978. The third-order valence-electron chi connectivity index (χ3n) is 4.06. The molecule has 0 rings (SSSR count). The van der Waals surface area contributed by atoms with Crippen LogP contribution in [-0.2, 0) is 9.53 Å². The third kappa shape index (κ3) is 22.2. The smallest absolute Gasteiger partial charge is 0.305 e. The van der Waals surface area contributed by atoms with Crippen molar-refractivity contribution in [2.75, 3.05) is 13.2 Å². The van der Waals surface area contributed by atoms with Gasteiger partial charge in [-0.15, -0.1) is 0 Å². The Balaban J connectivity index is 3.47. The van der Waals surface area contributed by atoms with E-state index in [0.29, 0.717) is 6.42 Å². The first-order chi connectivity index (χ1) is 14.2. The Labute approximate surface area is 177 Å². The second-order valence-corrected chi connectivity index (χ2v) is 6.83. The molecule has 0 aromatic heterocycles. The molecule has 0 unspecified atom stereocenters. The maximum absolute atomic E-state index is 11.4. The lowest BCUT2D eigenvalue weighted by atomic mass is 10.1. The van der Waals surface area contributed by atoms with Crippen molar-refractivity contribution in [2.24, 2.45) is 0 Å². The van der Waals surface area contributed by atoms with E-state index in [4.69, 9.17) is 14.9 Å². The lowest BCUT2D eigenvalue weighted by molar-refractivity contribution is -0.147. The monoisotopic (exact) mass is 404 g/mol. The molecule has 0 amide bonds. The average molecular weight is 405 g/mol. The van der Waals surface area contributed by atoms with Gasteiger partial charge in [-0.05, 0) is 51.4 Å². The van der Waals surface area contributed by atoms with Crippen molar-refractivity contribution in [2.45, 2.75) is 77.2 Å². The van der Waals surface area contributed by atoms with E-state index in [9.17, 15) is 4.79 Å². The second kappa shape index (κ2) is 22.4. The van der Waals surface area contributed by atoms with Crippen molar-refractivity contribution in [3.63, 3.8) is 0 Å². The summed E-state index contributed by atoms with van der Waals surface area (Å²) in [6, 6.07) is 0. The summed E-state index contributed by atoms with van der Waals surface area (Å²) >= 11 is 0. The first-order valence-corrected chi connectivity index (χ1v) is 10.9. The van der Waals surface area contributed by atoms with Gasteiger partial charge in [0, 0.05) is 6.42 Å². The number of ether oxygens (including phenoxy) is 1. The van der Waals surface area contributed by atoms with Crippen LogP contribution < -0.4 is 0 Å². The lowest BCUT2D eigenvalue weighted by Gasteiger charge is -2.08. The molecule has 4 nitrogen and oxygen atoms in total. The number of esters is 1. The molecule has 0 aliphatic carbocycles. The number of carbonyl (C=O) groups excluding carboxylic acids is 1.